The summed E-state index contributed by atoms with van der Waals surface area (Å²) in [5, 5.41) is 0. The van der Waals surface area contributed by atoms with E-state index in [2.05, 4.69) is 42.5 Å². The molecule has 0 heterocycles. The smallest absolute Gasteiger partial charge is 0.146 e. The summed E-state index contributed by atoms with van der Waals surface area (Å²) in [7, 11) is 0. The average molecular weight is 356 g/mol. The molecule has 0 bridgehead atoms. The fourth-order valence-corrected chi connectivity index (χ4v) is 3.53. The van der Waals surface area contributed by atoms with Gasteiger partial charge in [-0.3, -0.25) is 4.79 Å². The van der Waals surface area contributed by atoms with E-state index in [0.717, 1.165) is 38.4 Å². The number of carbonyl (C=O) groups is 1. The first-order valence-corrected chi connectivity index (χ1v) is 9.31. The van der Waals surface area contributed by atoms with Gasteiger partial charge in [-0.2, -0.15) is 0 Å². The number of allylic oxidation sites excluding steroid dienone is 2. The molecule has 3 rings (SSSR count). The molecule has 26 heavy (non-hydrogen) atoms. The number of hydrogen-bond donors (Lipinski definition) is 0. The number of benzene rings is 3. The van der Waals surface area contributed by atoms with Crippen LogP contribution in [0, 0.1) is 0 Å². The van der Waals surface area contributed by atoms with Crippen LogP contribution in [0.3, 0.4) is 0 Å². The van der Waals surface area contributed by atoms with E-state index < -0.39 is 0 Å². The molecule has 0 spiro atoms. The topological polar surface area (TPSA) is 17.1 Å². The molecular weight excluding hydrogens is 336 g/mol. The molecule has 0 radical (unpaired) electrons. The van der Waals surface area contributed by atoms with Gasteiger partial charge in [0.2, 0.25) is 0 Å². The lowest BCUT2D eigenvalue weighted by atomic mass is 9.97. The van der Waals surface area contributed by atoms with Crippen molar-refractivity contribution in [3.63, 3.8) is 0 Å². The highest BCUT2D eigenvalue weighted by molar-refractivity contribution is 8.03. The van der Waals surface area contributed by atoms with Crippen molar-refractivity contribution in [2.75, 3.05) is 0 Å². The summed E-state index contributed by atoms with van der Waals surface area (Å²) < 4.78 is 0. The molecule has 0 atom stereocenters. The predicted octanol–water partition coefficient (Wildman–Crippen LogP) is 6.38. The Balaban J connectivity index is 2.10. The zero-order valence-corrected chi connectivity index (χ0v) is 15.4. The number of rotatable bonds is 6. The highest BCUT2D eigenvalue weighted by Crippen LogP contribution is 2.34. The van der Waals surface area contributed by atoms with Crippen LogP contribution in [0.5, 0.6) is 0 Å². The molecule has 0 aliphatic heterocycles. The largest absolute Gasteiger partial charge is 0.298 e. The zero-order valence-electron chi connectivity index (χ0n) is 14.6. The quantitative estimate of drug-likeness (QED) is 0.220. The molecule has 0 aromatic heterocycles. The molecule has 0 N–H and O–H groups in total. The van der Waals surface area contributed by atoms with Crippen LogP contribution >= 0.6 is 11.8 Å². The van der Waals surface area contributed by atoms with Crippen LogP contribution in [-0.4, -0.2) is 6.29 Å². The van der Waals surface area contributed by atoms with E-state index >= 15 is 0 Å². The number of thioether (sulfide) groups is 1. The average Bonchev–Trinajstić information content (AvgIpc) is 2.72. The van der Waals surface area contributed by atoms with Crippen molar-refractivity contribution in [3.05, 3.63) is 119 Å². The van der Waals surface area contributed by atoms with Gasteiger partial charge in [-0.25, -0.2) is 0 Å². The molecule has 0 amide bonds. The van der Waals surface area contributed by atoms with Crippen molar-refractivity contribution in [1.29, 1.82) is 0 Å². The standard InChI is InChI=1S/C24H20OS/c1-19(18-25)24(26-22-15-9-4-10-16-22)17-23(20-11-5-2-6-12-20)21-13-7-3-8-14-21/h2-18H,1H3/b24-19-. The molecule has 0 unspecified atom stereocenters. The van der Waals surface area contributed by atoms with Crippen LogP contribution in [-0.2, 0) is 4.79 Å². The molecule has 0 fully saturated rings. The van der Waals surface area contributed by atoms with Crippen LogP contribution in [0.4, 0.5) is 0 Å². The van der Waals surface area contributed by atoms with E-state index in [4.69, 9.17) is 0 Å². The number of carbonyl (C=O) groups excluding carboxylic acids is 1. The van der Waals surface area contributed by atoms with Crippen LogP contribution in [0.15, 0.2) is 112 Å². The maximum Gasteiger partial charge on any atom is 0.146 e. The Morgan fingerprint density at radius 1 is 0.731 bits per heavy atom. The van der Waals surface area contributed by atoms with Gasteiger partial charge in [0.25, 0.3) is 0 Å². The second-order valence-corrected chi connectivity index (χ2v) is 6.99. The molecule has 0 saturated carbocycles. The van der Waals surface area contributed by atoms with Crippen molar-refractivity contribution in [2.24, 2.45) is 0 Å². The van der Waals surface area contributed by atoms with Gasteiger partial charge in [-0.05, 0) is 41.8 Å². The van der Waals surface area contributed by atoms with E-state index in [0.29, 0.717) is 0 Å². The maximum atomic E-state index is 11.5. The van der Waals surface area contributed by atoms with Gasteiger partial charge in [0.15, 0.2) is 0 Å². The highest BCUT2D eigenvalue weighted by Gasteiger charge is 2.09. The fraction of sp³-hybridized carbons (Fsp3) is 0.0417. The van der Waals surface area contributed by atoms with Crippen molar-refractivity contribution >= 4 is 23.6 Å². The summed E-state index contributed by atoms with van der Waals surface area (Å²) in [6, 6.07) is 30.7. The van der Waals surface area contributed by atoms with Gasteiger partial charge in [0.05, 0.1) is 0 Å². The molecule has 3 aromatic carbocycles. The van der Waals surface area contributed by atoms with Gasteiger partial charge < -0.3 is 0 Å². The minimum Gasteiger partial charge on any atom is -0.298 e. The third kappa shape index (κ3) is 4.62. The Bertz CT molecular complexity index is 869. The van der Waals surface area contributed by atoms with Crippen LogP contribution in [0.1, 0.15) is 18.1 Å². The first kappa shape index (κ1) is 18.0. The normalized spacial score (nSPS) is 11.4. The minimum atomic E-state index is 0.725. The summed E-state index contributed by atoms with van der Waals surface area (Å²) in [6.07, 6.45) is 3.04. The van der Waals surface area contributed by atoms with Crippen molar-refractivity contribution in [3.8, 4) is 0 Å². The Hall–Kier alpha value is -2.84. The summed E-state index contributed by atoms with van der Waals surface area (Å²) in [4.78, 5) is 13.6. The second-order valence-electron chi connectivity index (χ2n) is 5.87. The predicted molar refractivity (Wildman–Crippen MR) is 111 cm³/mol. The van der Waals surface area contributed by atoms with Gasteiger partial charge in [0.1, 0.15) is 6.29 Å². The highest BCUT2D eigenvalue weighted by atomic mass is 32.2. The summed E-state index contributed by atoms with van der Waals surface area (Å²) in [5.74, 6) is 0. The minimum absolute atomic E-state index is 0.725. The van der Waals surface area contributed by atoms with Gasteiger partial charge >= 0.3 is 0 Å². The number of hydrogen-bond acceptors (Lipinski definition) is 2. The third-order valence-corrected chi connectivity index (χ3v) is 5.15. The first-order valence-electron chi connectivity index (χ1n) is 8.49. The van der Waals surface area contributed by atoms with Gasteiger partial charge in [-0.15, -0.1) is 0 Å². The van der Waals surface area contributed by atoms with E-state index in [9.17, 15) is 4.79 Å². The fourth-order valence-electron chi connectivity index (χ4n) is 2.60. The van der Waals surface area contributed by atoms with Gasteiger partial charge in [0, 0.05) is 15.4 Å². The van der Waals surface area contributed by atoms with Crippen LogP contribution in [0.2, 0.25) is 0 Å². The van der Waals surface area contributed by atoms with Crippen LogP contribution in [0.25, 0.3) is 5.57 Å². The monoisotopic (exact) mass is 356 g/mol. The maximum absolute atomic E-state index is 11.5. The van der Waals surface area contributed by atoms with E-state index in [-0.39, 0.29) is 0 Å². The molecular formula is C24H20OS. The van der Waals surface area contributed by atoms with Crippen LogP contribution < -0.4 is 0 Å². The zero-order chi connectivity index (χ0) is 18.2. The summed E-state index contributed by atoms with van der Waals surface area (Å²) in [5.41, 5.74) is 4.08. The molecule has 128 valence electrons. The number of aldehydes is 1. The Labute approximate surface area is 159 Å². The van der Waals surface area contributed by atoms with E-state index in [1.54, 1.807) is 11.8 Å². The molecule has 1 nitrogen and oxygen atoms in total. The lowest BCUT2D eigenvalue weighted by Crippen LogP contribution is -1.91. The van der Waals surface area contributed by atoms with E-state index in [1.165, 1.54) is 0 Å². The molecule has 0 aliphatic carbocycles. The van der Waals surface area contributed by atoms with Crippen molar-refractivity contribution < 1.29 is 4.79 Å². The van der Waals surface area contributed by atoms with Crippen molar-refractivity contribution in [1.82, 2.24) is 0 Å². The Kier molecular flexibility index (Phi) is 6.24. The molecule has 3 aromatic rings. The lowest BCUT2D eigenvalue weighted by Gasteiger charge is -2.12. The molecule has 0 saturated heterocycles. The first-order chi connectivity index (χ1) is 12.8. The van der Waals surface area contributed by atoms with Gasteiger partial charge in [-0.1, -0.05) is 90.6 Å². The molecule has 0 aliphatic rings. The second kappa shape index (κ2) is 9.02. The van der Waals surface area contributed by atoms with Crippen molar-refractivity contribution in [2.45, 2.75) is 11.8 Å². The summed E-state index contributed by atoms with van der Waals surface area (Å²) in [6.45, 7) is 1.86. The summed E-state index contributed by atoms with van der Waals surface area (Å²) >= 11 is 1.61. The molecule has 2 heteroatoms. The van der Waals surface area contributed by atoms with E-state index in [1.807, 2.05) is 61.5 Å². The Morgan fingerprint density at radius 2 is 1.19 bits per heavy atom. The Morgan fingerprint density at radius 3 is 1.65 bits per heavy atom. The third-order valence-electron chi connectivity index (χ3n) is 3.98. The SMILES string of the molecule is C/C(C=O)=C(\C=C(c1ccccc1)c1ccccc1)Sc1ccccc1. The lowest BCUT2D eigenvalue weighted by molar-refractivity contribution is -0.104.